The van der Waals surface area contributed by atoms with E-state index in [2.05, 4.69) is 36.2 Å². The van der Waals surface area contributed by atoms with Gasteiger partial charge in [0.2, 0.25) is 0 Å². The summed E-state index contributed by atoms with van der Waals surface area (Å²) in [6.07, 6.45) is 0.405. The summed E-state index contributed by atoms with van der Waals surface area (Å²) in [4.78, 5) is 12.1. The number of aliphatic hydroxyl groups is 1. The number of aromatic nitrogens is 2. The minimum absolute atomic E-state index is 0.123. The third-order valence-corrected chi connectivity index (χ3v) is 5.77. The van der Waals surface area contributed by atoms with E-state index in [1.165, 1.54) is 5.56 Å². The number of fused-ring (bicyclic) bond motifs is 2. The maximum Gasteiger partial charge on any atom is 0.172 e. The zero-order valence-electron chi connectivity index (χ0n) is 16.7. The number of hydrogen-bond acceptors (Lipinski definition) is 6. The molecule has 0 radical (unpaired) electrons. The van der Waals surface area contributed by atoms with E-state index in [1.807, 2.05) is 36.4 Å². The highest BCUT2D eigenvalue weighted by Gasteiger charge is 2.33. The smallest absolute Gasteiger partial charge is 0.172 e. The average Bonchev–Trinajstić information content (AvgIpc) is 3.02. The van der Waals surface area contributed by atoms with Crippen molar-refractivity contribution < 1.29 is 9.84 Å². The van der Waals surface area contributed by atoms with Crippen LogP contribution in [0, 0.1) is 0 Å². The molecule has 2 heterocycles. The molecule has 3 aromatic rings. The lowest BCUT2D eigenvalue weighted by Gasteiger charge is -2.37. The fourth-order valence-electron chi connectivity index (χ4n) is 4.55. The van der Waals surface area contributed by atoms with E-state index in [0.717, 1.165) is 35.5 Å². The minimum Gasteiger partial charge on any atom is -0.390 e. The van der Waals surface area contributed by atoms with Crippen LogP contribution in [0.25, 0.3) is 11.0 Å². The van der Waals surface area contributed by atoms with Gasteiger partial charge in [-0.15, -0.1) is 0 Å². The van der Waals surface area contributed by atoms with Crippen LogP contribution in [0.5, 0.6) is 0 Å². The zero-order chi connectivity index (χ0) is 20.0. The van der Waals surface area contributed by atoms with Gasteiger partial charge in [-0.25, -0.2) is 9.97 Å². The Bertz CT molecular complexity index is 1030. The molecule has 150 valence electrons. The van der Waals surface area contributed by atoms with Crippen molar-refractivity contribution in [2.75, 3.05) is 23.3 Å². The van der Waals surface area contributed by atoms with Crippen LogP contribution in [0.4, 0.5) is 11.6 Å². The number of benzene rings is 2. The Morgan fingerprint density at radius 2 is 1.62 bits per heavy atom. The van der Waals surface area contributed by atoms with Crippen molar-refractivity contribution in [3.63, 3.8) is 0 Å². The van der Waals surface area contributed by atoms with Crippen LogP contribution in [0.2, 0.25) is 0 Å². The molecule has 0 amide bonds. The fraction of sp³-hybridized carbons (Fsp3) is 0.391. The highest BCUT2D eigenvalue weighted by atomic mass is 16.5. The van der Waals surface area contributed by atoms with E-state index < -0.39 is 6.10 Å². The molecule has 29 heavy (non-hydrogen) atoms. The Balaban J connectivity index is 1.57. The van der Waals surface area contributed by atoms with E-state index in [-0.39, 0.29) is 18.2 Å². The molecule has 0 bridgehead atoms. The molecule has 0 spiro atoms. The summed E-state index contributed by atoms with van der Waals surface area (Å²) in [5, 5.41) is 14.3. The van der Waals surface area contributed by atoms with Crippen molar-refractivity contribution in [1.29, 1.82) is 0 Å². The molecule has 1 aromatic heterocycles. The van der Waals surface area contributed by atoms with Gasteiger partial charge in [-0.3, -0.25) is 0 Å². The van der Waals surface area contributed by atoms with Crippen LogP contribution < -0.4 is 10.2 Å². The SMILES string of the molecule is CC1CN(c2nc3ccccc3nc2N[C@H]2c3ccccc3C[C@H]2O)CC(C)O1. The number of rotatable bonds is 3. The average molecular weight is 390 g/mol. The lowest BCUT2D eigenvalue weighted by Crippen LogP contribution is -2.46. The summed E-state index contributed by atoms with van der Waals surface area (Å²) >= 11 is 0. The predicted molar refractivity (Wildman–Crippen MR) is 114 cm³/mol. The second kappa shape index (κ2) is 7.28. The minimum atomic E-state index is -0.490. The summed E-state index contributed by atoms with van der Waals surface area (Å²) in [7, 11) is 0. The standard InChI is InChI=1S/C23H26N4O2/c1-14-12-27(13-15(2)29-14)23-22(24-18-9-5-6-10-19(18)25-23)26-21-17-8-4-3-7-16(17)11-20(21)28/h3-10,14-15,20-21,28H,11-13H2,1-2H3,(H,24,26)/t14?,15?,20-,21+/m1/s1. The monoisotopic (exact) mass is 390 g/mol. The first kappa shape index (κ1) is 18.3. The summed E-state index contributed by atoms with van der Waals surface area (Å²) in [6.45, 7) is 5.69. The third kappa shape index (κ3) is 3.43. The Labute approximate surface area is 170 Å². The molecule has 2 aliphatic rings. The summed E-state index contributed by atoms with van der Waals surface area (Å²) < 4.78 is 5.91. The fourth-order valence-corrected chi connectivity index (χ4v) is 4.55. The van der Waals surface area contributed by atoms with Gasteiger partial charge in [-0.1, -0.05) is 36.4 Å². The van der Waals surface area contributed by atoms with E-state index in [4.69, 9.17) is 14.7 Å². The molecule has 1 saturated heterocycles. The van der Waals surface area contributed by atoms with E-state index in [0.29, 0.717) is 12.2 Å². The van der Waals surface area contributed by atoms with Crippen LogP contribution in [0.1, 0.15) is 31.0 Å². The van der Waals surface area contributed by atoms with Gasteiger partial charge >= 0.3 is 0 Å². The molecular formula is C23H26N4O2. The van der Waals surface area contributed by atoms with E-state index >= 15 is 0 Å². The number of hydrogen-bond donors (Lipinski definition) is 2. The number of nitrogens with one attached hydrogen (secondary N) is 1. The molecule has 6 nitrogen and oxygen atoms in total. The van der Waals surface area contributed by atoms with Crippen LogP contribution >= 0.6 is 0 Å². The van der Waals surface area contributed by atoms with Crippen molar-refractivity contribution >= 4 is 22.7 Å². The van der Waals surface area contributed by atoms with Gasteiger partial charge in [0, 0.05) is 19.5 Å². The van der Waals surface area contributed by atoms with Crippen LogP contribution in [0.3, 0.4) is 0 Å². The highest BCUT2D eigenvalue weighted by Crippen LogP contribution is 2.36. The largest absolute Gasteiger partial charge is 0.390 e. The van der Waals surface area contributed by atoms with Crippen molar-refractivity contribution in [2.45, 2.75) is 44.6 Å². The number of para-hydroxylation sites is 2. The van der Waals surface area contributed by atoms with E-state index in [9.17, 15) is 5.11 Å². The molecule has 0 saturated carbocycles. The van der Waals surface area contributed by atoms with Gasteiger partial charge in [-0.05, 0) is 37.1 Å². The van der Waals surface area contributed by atoms with Gasteiger partial charge in [-0.2, -0.15) is 0 Å². The van der Waals surface area contributed by atoms with Crippen LogP contribution in [0.15, 0.2) is 48.5 Å². The quantitative estimate of drug-likeness (QED) is 0.715. The molecule has 2 N–H and O–H groups in total. The molecule has 6 heteroatoms. The lowest BCUT2D eigenvalue weighted by atomic mass is 10.1. The Kier molecular flexibility index (Phi) is 4.60. The molecule has 2 unspecified atom stereocenters. The topological polar surface area (TPSA) is 70.5 Å². The summed E-state index contributed by atoms with van der Waals surface area (Å²) in [6, 6.07) is 15.9. The third-order valence-electron chi connectivity index (χ3n) is 5.77. The first-order chi connectivity index (χ1) is 14.1. The van der Waals surface area contributed by atoms with Gasteiger partial charge in [0.25, 0.3) is 0 Å². The highest BCUT2D eigenvalue weighted by molar-refractivity contribution is 5.80. The molecule has 1 aliphatic carbocycles. The first-order valence-corrected chi connectivity index (χ1v) is 10.3. The number of morpholine rings is 1. The van der Waals surface area contributed by atoms with Gasteiger partial charge in [0.15, 0.2) is 11.6 Å². The van der Waals surface area contributed by atoms with Crippen molar-refractivity contribution in [3.05, 3.63) is 59.7 Å². The Hall–Kier alpha value is -2.70. The van der Waals surface area contributed by atoms with Gasteiger partial charge < -0.3 is 20.1 Å². The molecule has 1 fully saturated rings. The first-order valence-electron chi connectivity index (χ1n) is 10.3. The predicted octanol–water partition coefficient (Wildman–Crippen LogP) is 3.31. The lowest BCUT2D eigenvalue weighted by molar-refractivity contribution is -0.00542. The van der Waals surface area contributed by atoms with Crippen LogP contribution in [-0.4, -0.2) is 46.5 Å². The molecule has 4 atom stereocenters. The maximum absolute atomic E-state index is 10.7. The van der Waals surface area contributed by atoms with Crippen molar-refractivity contribution in [2.24, 2.45) is 0 Å². The normalized spacial score (nSPS) is 26.5. The molecular weight excluding hydrogens is 364 g/mol. The number of anilines is 2. The van der Waals surface area contributed by atoms with Gasteiger partial charge in [0.1, 0.15) is 0 Å². The number of nitrogens with zero attached hydrogens (tertiary/aromatic N) is 3. The van der Waals surface area contributed by atoms with Gasteiger partial charge in [0.05, 0.1) is 35.4 Å². The Morgan fingerprint density at radius 3 is 2.38 bits per heavy atom. The summed E-state index contributed by atoms with van der Waals surface area (Å²) in [5.74, 6) is 1.54. The van der Waals surface area contributed by atoms with Crippen molar-refractivity contribution in [3.8, 4) is 0 Å². The second-order valence-electron chi connectivity index (χ2n) is 8.14. The maximum atomic E-state index is 10.7. The molecule has 2 aromatic carbocycles. The van der Waals surface area contributed by atoms with Crippen LogP contribution in [-0.2, 0) is 11.2 Å². The zero-order valence-corrected chi connectivity index (χ0v) is 16.7. The number of aliphatic hydroxyl groups excluding tert-OH is 1. The second-order valence-corrected chi connectivity index (χ2v) is 8.14. The number of ether oxygens (including phenoxy) is 1. The Morgan fingerprint density at radius 1 is 0.966 bits per heavy atom. The van der Waals surface area contributed by atoms with E-state index in [1.54, 1.807) is 0 Å². The van der Waals surface area contributed by atoms with Crippen molar-refractivity contribution in [1.82, 2.24) is 9.97 Å². The summed E-state index contributed by atoms with van der Waals surface area (Å²) in [5.41, 5.74) is 4.02. The molecule has 1 aliphatic heterocycles. The molecule has 5 rings (SSSR count).